The van der Waals surface area contributed by atoms with Gasteiger partial charge < -0.3 is 4.74 Å². The Kier molecular flexibility index (Phi) is 6.61. The number of nitro groups is 1. The van der Waals surface area contributed by atoms with E-state index in [4.69, 9.17) is 4.74 Å². The lowest BCUT2D eigenvalue weighted by molar-refractivity contribution is -0.384. The third-order valence-corrected chi connectivity index (χ3v) is 5.92. The van der Waals surface area contributed by atoms with Crippen molar-refractivity contribution in [3.8, 4) is 5.75 Å². The minimum absolute atomic E-state index is 0.0772. The zero-order chi connectivity index (χ0) is 26.6. The van der Waals surface area contributed by atoms with Crippen molar-refractivity contribution < 1.29 is 19.2 Å². The highest BCUT2D eigenvalue weighted by atomic mass is 16.6. The molecule has 0 saturated carbocycles. The summed E-state index contributed by atoms with van der Waals surface area (Å²) in [6.07, 6.45) is 1.71. The third kappa shape index (κ3) is 5.10. The SMILES string of the molecule is Cc1ccc(C(=O)Oc2ccc(/C=C3/C(=O)N(c4ccc([N+](=O)[O-])cc4)N=C3c3ccccc3)cc2)cc1. The molecule has 38 heavy (non-hydrogen) atoms. The van der Waals surface area contributed by atoms with E-state index in [9.17, 15) is 19.7 Å². The molecular formula is C30H21N3O5. The first-order valence-electron chi connectivity index (χ1n) is 11.7. The number of amides is 1. The molecule has 8 nitrogen and oxygen atoms in total. The van der Waals surface area contributed by atoms with E-state index in [2.05, 4.69) is 5.10 Å². The van der Waals surface area contributed by atoms with Crippen LogP contribution in [0.2, 0.25) is 0 Å². The highest BCUT2D eigenvalue weighted by Gasteiger charge is 2.32. The maximum absolute atomic E-state index is 13.4. The summed E-state index contributed by atoms with van der Waals surface area (Å²) >= 11 is 0. The van der Waals surface area contributed by atoms with Crippen LogP contribution >= 0.6 is 0 Å². The van der Waals surface area contributed by atoms with E-state index in [1.165, 1.54) is 29.3 Å². The van der Waals surface area contributed by atoms with Crippen LogP contribution in [0.25, 0.3) is 6.08 Å². The molecule has 0 spiro atoms. The van der Waals surface area contributed by atoms with Crippen molar-refractivity contribution in [2.45, 2.75) is 6.92 Å². The number of carbonyl (C=O) groups excluding carboxylic acids is 2. The van der Waals surface area contributed by atoms with Gasteiger partial charge in [0.05, 0.1) is 21.7 Å². The Balaban J connectivity index is 1.42. The average Bonchev–Trinajstić information content (AvgIpc) is 3.26. The van der Waals surface area contributed by atoms with Crippen LogP contribution < -0.4 is 9.75 Å². The number of esters is 1. The number of nitro benzene ring substituents is 1. The number of aryl methyl sites for hydroxylation is 1. The quantitative estimate of drug-likeness (QED) is 0.106. The summed E-state index contributed by atoms with van der Waals surface area (Å²) < 4.78 is 5.47. The summed E-state index contributed by atoms with van der Waals surface area (Å²) in [5.41, 5.74) is 4.13. The van der Waals surface area contributed by atoms with Crippen molar-refractivity contribution in [1.29, 1.82) is 0 Å². The topological polar surface area (TPSA) is 102 Å². The van der Waals surface area contributed by atoms with Crippen LogP contribution in [-0.4, -0.2) is 22.5 Å². The minimum Gasteiger partial charge on any atom is -0.423 e. The summed E-state index contributed by atoms with van der Waals surface area (Å²) in [6.45, 7) is 1.94. The molecule has 186 valence electrons. The van der Waals surface area contributed by atoms with Crippen LogP contribution in [0, 0.1) is 17.0 Å². The first kappa shape index (κ1) is 24.3. The molecule has 0 aliphatic carbocycles. The fourth-order valence-corrected chi connectivity index (χ4v) is 3.90. The third-order valence-electron chi connectivity index (χ3n) is 5.92. The van der Waals surface area contributed by atoms with Gasteiger partial charge in [-0.3, -0.25) is 14.9 Å². The molecular weight excluding hydrogens is 482 g/mol. The summed E-state index contributed by atoms with van der Waals surface area (Å²) in [5, 5.41) is 16.8. The second kappa shape index (κ2) is 10.3. The summed E-state index contributed by atoms with van der Waals surface area (Å²) in [5.74, 6) is -0.452. The molecule has 5 rings (SSSR count). The number of hydrogen-bond acceptors (Lipinski definition) is 6. The van der Waals surface area contributed by atoms with E-state index in [1.807, 2.05) is 49.4 Å². The Morgan fingerprint density at radius 1 is 0.895 bits per heavy atom. The lowest BCUT2D eigenvalue weighted by atomic mass is 10.0. The fraction of sp³-hybridized carbons (Fsp3) is 0.0333. The monoisotopic (exact) mass is 503 g/mol. The van der Waals surface area contributed by atoms with Gasteiger partial charge in [0, 0.05) is 17.7 Å². The Hall–Kier alpha value is -5.37. The molecule has 1 heterocycles. The number of nitrogens with zero attached hydrogens (tertiary/aromatic N) is 3. The van der Waals surface area contributed by atoms with Crippen LogP contribution in [0.5, 0.6) is 5.75 Å². The van der Waals surface area contributed by atoms with E-state index in [1.54, 1.807) is 42.5 Å². The highest BCUT2D eigenvalue weighted by molar-refractivity contribution is 6.37. The summed E-state index contributed by atoms with van der Waals surface area (Å²) in [4.78, 5) is 36.4. The maximum atomic E-state index is 13.4. The molecule has 8 heteroatoms. The first-order valence-corrected chi connectivity index (χ1v) is 11.7. The second-order valence-corrected chi connectivity index (χ2v) is 8.59. The van der Waals surface area contributed by atoms with E-state index >= 15 is 0 Å². The molecule has 0 atom stereocenters. The average molecular weight is 504 g/mol. The first-order chi connectivity index (χ1) is 18.4. The van der Waals surface area contributed by atoms with Gasteiger partial charge in [0.15, 0.2) is 0 Å². The fourth-order valence-electron chi connectivity index (χ4n) is 3.90. The van der Waals surface area contributed by atoms with E-state index in [0.29, 0.717) is 33.8 Å². The number of ether oxygens (including phenoxy) is 1. The minimum atomic E-state index is -0.499. The Labute approximate surface area is 218 Å². The lowest BCUT2D eigenvalue weighted by Gasteiger charge is -2.11. The normalized spacial score (nSPS) is 13.9. The lowest BCUT2D eigenvalue weighted by Crippen LogP contribution is -2.21. The van der Waals surface area contributed by atoms with Crippen LogP contribution in [0.3, 0.4) is 0 Å². The number of hydrazone groups is 1. The number of hydrogen-bond donors (Lipinski definition) is 0. The van der Waals surface area contributed by atoms with Gasteiger partial charge in [0.2, 0.25) is 0 Å². The highest BCUT2D eigenvalue weighted by Crippen LogP contribution is 2.29. The van der Waals surface area contributed by atoms with Crippen molar-refractivity contribution in [3.63, 3.8) is 0 Å². The molecule has 0 radical (unpaired) electrons. The van der Waals surface area contributed by atoms with E-state index in [0.717, 1.165) is 11.1 Å². The second-order valence-electron chi connectivity index (χ2n) is 8.59. The summed E-state index contributed by atoms with van der Waals surface area (Å²) in [6, 6.07) is 28.8. The zero-order valence-electron chi connectivity index (χ0n) is 20.3. The maximum Gasteiger partial charge on any atom is 0.343 e. The molecule has 1 aliphatic rings. The van der Waals surface area contributed by atoms with Crippen LogP contribution in [0.1, 0.15) is 27.0 Å². The number of carbonyl (C=O) groups is 2. The molecule has 0 fully saturated rings. The predicted molar refractivity (Wildman–Crippen MR) is 144 cm³/mol. The number of rotatable bonds is 6. The Morgan fingerprint density at radius 3 is 2.18 bits per heavy atom. The van der Waals surface area contributed by atoms with Gasteiger partial charge in [-0.25, -0.2) is 4.79 Å². The molecule has 0 N–H and O–H groups in total. The van der Waals surface area contributed by atoms with Gasteiger partial charge in [-0.05, 0) is 55.0 Å². The number of benzene rings is 4. The Morgan fingerprint density at radius 2 is 1.55 bits per heavy atom. The molecule has 1 amide bonds. The molecule has 1 aliphatic heterocycles. The van der Waals surface area contributed by atoms with Gasteiger partial charge in [0.25, 0.3) is 11.6 Å². The predicted octanol–water partition coefficient (Wildman–Crippen LogP) is 5.96. The Bertz CT molecular complexity index is 1570. The van der Waals surface area contributed by atoms with Crippen LogP contribution in [-0.2, 0) is 4.79 Å². The van der Waals surface area contributed by atoms with Crippen molar-refractivity contribution >= 4 is 35.0 Å². The van der Waals surface area contributed by atoms with Gasteiger partial charge in [-0.1, -0.05) is 60.2 Å². The molecule has 4 aromatic carbocycles. The molecule has 0 aromatic heterocycles. The molecule has 0 unspecified atom stereocenters. The van der Waals surface area contributed by atoms with Crippen molar-refractivity contribution in [2.24, 2.45) is 5.10 Å². The smallest absolute Gasteiger partial charge is 0.343 e. The van der Waals surface area contributed by atoms with Crippen molar-refractivity contribution in [3.05, 3.63) is 141 Å². The van der Waals surface area contributed by atoms with Crippen molar-refractivity contribution in [1.82, 2.24) is 0 Å². The molecule has 0 saturated heterocycles. The van der Waals surface area contributed by atoms with Gasteiger partial charge in [-0.2, -0.15) is 10.1 Å². The standard InChI is InChI=1S/C30H21N3O5/c1-20-7-11-23(12-8-20)30(35)38-26-17-9-21(10-18-26)19-27-28(22-5-3-2-4-6-22)31-32(29(27)34)24-13-15-25(16-14-24)33(36)37/h2-19H,1H3/b27-19+. The van der Waals surface area contributed by atoms with Gasteiger partial charge in [0.1, 0.15) is 11.5 Å². The van der Waals surface area contributed by atoms with Crippen LogP contribution in [0.4, 0.5) is 11.4 Å². The number of anilines is 1. The van der Waals surface area contributed by atoms with Crippen molar-refractivity contribution in [2.75, 3.05) is 5.01 Å². The molecule has 4 aromatic rings. The summed E-state index contributed by atoms with van der Waals surface area (Å²) in [7, 11) is 0. The van der Waals surface area contributed by atoms with E-state index in [-0.39, 0.29) is 11.6 Å². The molecule has 0 bridgehead atoms. The van der Waals surface area contributed by atoms with Crippen LogP contribution in [0.15, 0.2) is 114 Å². The largest absolute Gasteiger partial charge is 0.423 e. The zero-order valence-corrected chi connectivity index (χ0v) is 20.3. The number of non-ortho nitro benzene ring substituents is 1. The van der Waals surface area contributed by atoms with Gasteiger partial charge >= 0.3 is 5.97 Å². The van der Waals surface area contributed by atoms with E-state index < -0.39 is 10.9 Å². The van der Waals surface area contributed by atoms with Gasteiger partial charge in [-0.15, -0.1) is 0 Å².